The van der Waals surface area contributed by atoms with Crippen molar-refractivity contribution in [2.75, 3.05) is 26.4 Å². The van der Waals surface area contributed by atoms with Gasteiger partial charge in [0.2, 0.25) is 0 Å². The Morgan fingerprint density at radius 2 is 1.26 bits per heavy atom. The molecule has 1 rings (SSSR count). The van der Waals surface area contributed by atoms with Crippen LogP contribution < -0.4 is 5.73 Å². The minimum atomic E-state index is -4.39. The molecule has 0 radical (unpaired) electrons. The van der Waals surface area contributed by atoms with Crippen LogP contribution in [0.15, 0.2) is 60.8 Å². The predicted molar refractivity (Wildman–Crippen MR) is 219 cm³/mol. The molecule has 1 fully saturated rings. The van der Waals surface area contributed by atoms with Crippen molar-refractivity contribution < 1.29 is 42.3 Å². The number of esters is 2. The third-order valence-electron chi connectivity index (χ3n) is 8.81. The molecule has 10 nitrogen and oxygen atoms in total. The smallest absolute Gasteiger partial charge is 0.462 e. The number of phosphoric acid groups is 1. The summed E-state index contributed by atoms with van der Waals surface area (Å²) in [5.41, 5.74) is 5.34. The zero-order valence-electron chi connectivity index (χ0n) is 33.6. The van der Waals surface area contributed by atoms with Gasteiger partial charge in [0.1, 0.15) is 6.61 Å². The third kappa shape index (κ3) is 32.0. The quantitative estimate of drug-likeness (QED) is 0.0205. The number of hydrogen-bond acceptors (Lipinski definition) is 9. The van der Waals surface area contributed by atoms with Gasteiger partial charge in [0, 0.05) is 19.4 Å². The van der Waals surface area contributed by atoms with Gasteiger partial charge in [-0.2, -0.15) is 0 Å². The van der Waals surface area contributed by atoms with E-state index in [0.29, 0.717) is 25.0 Å². The van der Waals surface area contributed by atoms with E-state index in [1.165, 1.54) is 25.7 Å². The molecule has 1 aliphatic rings. The Morgan fingerprint density at radius 3 is 1.89 bits per heavy atom. The summed E-state index contributed by atoms with van der Waals surface area (Å²) in [7, 11) is -4.39. The molecule has 0 bridgehead atoms. The van der Waals surface area contributed by atoms with Crippen LogP contribution >= 0.6 is 7.82 Å². The van der Waals surface area contributed by atoms with Crippen LogP contribution in [0.3, 0.4) is 0 Å². The van der Waals surface area contributed by atoms with Gasteiger partial charge >= 0.3 is 19.8 Å². The molecule has 3 N–H and O–H groups in total. The summed E-state index contributed by atoms with van der Waals surface area (Å²) in [4.78, 5) is 34.8. The Morgan fingerprint density at radius 1 is 0.685 bits per heavy atom. The summed E-state index contributed by atoms with van der Waals surface area (Å²) in [6.45, 7) is 3.52. The lowest BCUT2D eigenvalue weighted by Crippen LogP contribution is -2.29. The molecule has 310 valence electrons. The molecule has 3 unspecified atom stereocenters. The number of rotatable bonds is 37. The average Bonchev–Trinajstić information content (AvgIpc) is 3.91. The molecule has 0 aliphatic carbocycles. The Labute approximate surface area is 327 Å². The number of phosphoric ester groups is 1. The fourth-order valence-electron chi connectivity index (χ4n) is 5.63. The molecular weight excluding hydrogens is 705 g/mol. The molecule has 0 aromatic carbocycles. The first-order valence-electron chi connectivity index (χ1n) is 20.9. The molecule has 4 atom stereocenters. The highest BCUT2D eigenvalue weighted by Crippen LogP contribution is 2.43. The van der Waals surface area contributed by atoms with Crippen LogP contribution in [0.4, 0.5) is 0 Å². The first-order chi connectivity index (χ1) is 26.3. The lowest BCUT2D eigenvalue weighted by molar-refractivity contribution is -0.161. The molecule has 54 heavy (non-hydrogen) atoms. The number of unbranched alkanes of at least 4 members (excludes halogenated alkanes) is 11. The van der Waals surface area contributed by atoms with E-state index in [2.05, 4.69) is 74.6 Å². The largest absolute Gasteiger partial charge is 0.472 e. The molecular formula is C43H74NO9P. The Kier molecular flexibility index (Phi) is 32.3. The van der Waals surface area contributed by atoms with Crippen molar-refractivity contribution in [1.82, 2.24) is 0 Å². The predicted octanol–water partition coefficient (Wildman–Crippen LogP) is 10.7. The van der Waals surface area contributed by atoms with Crippen LogP contribution in [-0.4, -0.2) is 61.5 Å². The number of carbonyl (C=O) groups excluding carboxylic acids is 2. The van der Waals surface area contributed by atoms with Gasteiger partial charge in [0.05, 0.1) is 25.4 Å². The summed E-state index contributed by atoms with van der Waals surface area (Å²) in [5.74, 6) is -0.884. The molecule has 1 heterocycles. The molecule has 0 aromatic heterocycles. The minimum absolute atomic E-state index is 0.0422. The first kappa shape index (κ1) is 49.7. The topological polar surface area (TPSA) is 147 Å². The van der Waals surface area contributed by atoms with Crippen molar-refractivity contribution in [1.29, 1.82) is 0 Å². The Hall–Kier alpha value is -2.33. The van der Waals surface area contributed by atoms with Crippen molar-refractivity contribution in [3.8, 4) is 0 Å². The van der Waals surface area contributed by atoms with Crippen molar-refractivity contribution in [3.05, 3.63) is 60.8 Å². The average molecular weight is 780 g/mol. The molecule has 0 aromatic rings. The minimum Gasteiger partial charge on any atom is -0.462 e. The summed E-state index contributed by atoms with van der Waals surface area (Å²) in [6.07, 6.45) is 42.7. The SMILES string of the molecule is CC/C=C\C/C=C\C/C=C\C/C=C\CCCCCCC(=O)OC[C@H](COP(=O)(O)OCCN)OC(=O)CCCCCCC/C=C\CC1OC1CCCCC. The number of hydrogen-bond donors (Lipinski definition) is 2. The van der Waals surface area contributed by atoms with Gasteiger partial charge in [-0.05, 0) is 77.0 Å². The van der Waals surface area contributed by atoms with Crippen LogP contribution in [0.5, 0.6) is 0 Å². The number of ether oxygens (including phenoxy) is 3. The second kappa shape index (κ2) is 35.1. The molecule has 0 amide bonds. The Balaban J connectivity index is 2.22. The second-order valence-corrected chi connectivity index (χ2v) is 15.3. The van der Waals surface area contributed by atoms with E-state index in [9.17, 15) is 19.0 Å². The van der Waals surface area contributed by atoms with Crippen LogP contribution in [0.1, 0.15) is 155 Å². The van der Waals surface area contributed by atoms with Crippen molar-refractivity contribution in [2.45, 2.75) is 173 Å². The van der Waals surface area contributed by atoms with Crippen LogP contribution in [0.2, 0.25) is 0 Å². The normalized spacial score (nSPS) is 17.7. The van der Waals surface area contributed by atoms with Gasteiger partial charge in [0.25, 0.3) is 0 Å². The highest BCUT2D eigenvalue weighted by Gasteiger charge is 2.36. The number of allylic oxidation sites excluding steroid dienone is 9. The van der Waals surface area contributed by atoms with Crippen molar-refractivity contribution in [3.63, 3.8) is 0 Å². The highest BCUT2D eigenvalue weighted by molar-refractivity contribution is 7.47. The van der Waals surface area contributed by atoms with Gasteiger partial charge in [-0.15, -0.1) is 0 Å². The molecule has 1 saturated heterocycles. The van der Waals surface area contributed by atoms with E-state index in [1.807, 2.05) is 0 Å². The molecule has 11 heteroatoms. The maximum atomic E-state index is 12.6. The molecule has 0 saturated carbocycles. The van der Waals surface area contributed by atoms with Crippen molar-refractivity contribution >= 4 is 19.8 Å². The standard InChI is InChI=1S/C43H74NO9P/c1-3-5-7-8-9-10-11-12-13-14-15-16-17-18-22-25-29-33-42(45)49-37-39(38-51-54(47,48)50-36-35-44)52-43(46)34-30-26-23-20-19-21-24-28-32-41-40(53-41)31-27-6-4-2/h5,7,9-10,12-13,15-16,24,28,39-41H,3-4,6,8,11,14,17-23,25-27,29-38,44H2,1-2H3,(H,47,48)/b7-5-,10-9-,13-12-,16-15-,28-24-/t39-,40?,41?/m1/s1. The summed E-state index contributed by atoms with van der Waals surface area (Å²) in [5, 5.41) is 0. The summed E-state index contributed by atoms with van der Waals surface area (Å²) >= 11 is 0. The highest BCUT2D eigenvalue weighted by atomic mass is 31.2. The van der Waals surface area contributed by atoms with E-state index in [-0.39, 0.29) is 32.6 Å². The monoisotopic (exact) mass is 780 g/mol. The maximum Gasteiger partial charge on any atom is 0.472 e. The summed E-state index contributed by atoms with van der Waals surface area (Å²) in [6, 6.07) is 0. The Bertz CT molecular complexity index is 1140. The molecule has 1 aliphatic heterocycles. The van der Waals surface area contributed by atoms with Crippen LogP contribution in [-0.2, 0) is 37.4 Å². The fourth-order valence-corrected chi connectivity index (χ4v) is 6.40. The van der Waals surface area contributed by atoms with E-state index in [0.717, 1.165) is 89.9 Å². The number of nitrogens with two attached hydrogens (primary N) is 1. The van der Waals surface area contributed by atoms with Crippen molar-refractivity contribution in [2.24, 2.45) is 5.73 Å². The lowest BCUT2D eigenvalue weighted by atomic mass is 10.1. The summed E-state index contributed by atoms with van der Waals surface area (Å²) < 4.78 is 38.5. The van der Waals surface area contributed by atoms with E-state index in [1.54, 1.807) is 0 Å². The van der Waals surface area contributed by atoms with E-state index in [4.69, 9.17) is 29.0 Å². The van der Waals surface area contributed by atoms with Gasteiger partial charge in [-0.1, -0.05) is 126 Å². The van der Waals surface area contributed by atoms with Gasteiger partial charge in [-0.3, -0.25) is 18.6 Å². The van der Waals surface area contributed by atoms with Gasteiger partial charge in [0.15, 0.2) is 6.10 Å². The second-order valence-electron chi connectivity index (χ2n) is 13.9. The van der Waals surface area contributed by atoms with E-state index < -0.39 is 32.5 Å². The third-order valence-corrected chi connectivity index (χ3v) is 9.80. The molecule has 0 spiro atoms. The fraction of sp³-hybridized carbons (Fsp3) is 0.721. The zero-order valence-corrected chi connectivity index (χ0v) is 34.5. The van der Waals surface area contributed by atoms with E-state index >= 15 is 0 Å². The van der Waals surface area contributed by atoms with Gasteiger partial charge < -0.3 is 24.8 Å². The first-order valence-corrected chi connectivity index (χ1v) is 22.4. The van der Waals surface area contributed by atoms with Gasteiger partial charge in [-0.25, -0.2) is 4.57 Å². The zero-order chi connectivity index (χ0) is 39.4. The number of carbonyl (C=O) groups is 2. The lowest BCUT2D eigenvalue weighted by Gasteiger charge is -2.19. The van der Waals surface area contributed by atoms with Crippen LogP contribution in [0.25, 0.3) is 0 Å². The maximum absolute atomic E-state index is 12.6. The number of epoxide rings is 1. The van der Waals surface area contributed by atoms with Crippen LogP contribution in [0, 0.1) is 0 Å².